The summed E-state index contributed by atoms with van der Waals surface area (Å²) < 4.78 is 10.8. The second-order valence-electron chi connectivity index (χ2n) is 6.88. The van der Waals surface area contributed by atoms with Gasteiger partial charge in [0.05, 0.1) is 16.9 Å². The van der Waals surface area contributed by atoms with Gasteiger partial charge in [-0.1, -0.05) is 41.6 Å². The number of nitrogens with zero attached hydrogens (tertiary/aromatic N) is 2. The van der Waals surface area contributed by atoms with Crippen LogP contribution in [0.2, 0.25) is 0 Å². The maximum atomic E-state index is 12.0. The molecule has 0 aliphatic rings. The smallest absolute Gasteiger partial charge is 0.407 e. The highest BCUT2D eigenvalue weighted by atomic mass is 16.5. The average Bonchev–Trinajstić information content (AvgIpc) is 3.28. The van der Waals surface area contributed by atoms with Crippen LogP contribution in [-0.2, 0) is 0 Å². The molecular weight excluding hydrogens is 366 g/mol. The lowest BCUT2D eigenvalue weighted by atomic mass is 9.94. The largest absolute Gasteiger partial charge is 0.417 e. The van der Waals surface area contributed by atoms with Crippen LogP contribution in [0.25, 0.3) is 44.6 Å². The van der Waals surface area contributed by atoms with E-state index in [1.54, 1.807) is 6.20 Å². The van der Waals surface area contributed by atoms with E-state index >= 15 is 0 Å². The van der Waals surface area contributed by atoms with Gasteiger partial charge >= 0.3 is 5.76 Å². The second-order valence-corrected chi connectivity index (χ2v) is 6.88. The average molecular weight is 383 g/mol. The van der Waals surface area contributed by atoms with Gasteiger partial charge in [-0.05, 0) is 37.6 Å². The first-order chi connectivity index (χ1) is 14.1. The van der Waals surface area contributed by atoms with Gasteiger partial charge in [0.1, 0.15) is 5.76 Å². The number of oxazole rings is 1. The van der Waals surface area contributed by atoms with Gasteiger partial charge in [-0.15, -0.1) is 0 Å². The van der Waals surface area contributed by atoms with E-state index in [9.17, 15) is 4.79 Å². The lowest BCUT2D eigenvalue weighted by molar-refractivity contribution is 0.393. The van der Waals surface area contributed by atoms with Gasteiger partial charge in [0.15, 0.2) is 5.58 Å². The Balaban J connectivity index is 1.84. The molecule has 0 spiro atoms. The number of hydrogen-bond donors (Lipinski definition) is 1. The number of aryl methyl sites for hydroxylation is 2. The number of aromatic nitrogens is 3. The van der Waals surface area contributed by atoms with Gasteiger partial charge in [-0.3, -0.25) is 9.97 Å². The van der Waals surface area contributed by atoms with E-state index in [1.807, 2.05) is 68.4 Å². The third-order valence-corrected chi connectivity index (χ3v) is 4.99. The van der Waals surface area contributed by atoms with E-state index in [2.05, 4.69) is 15.1 Å². The van der Waals surface area contributed by atoms with Crippen molar-refractivity contribution in [1.82, 2.24) is 15.1 Å². The van der Waals surface area contributed by atoms with Crippen molar-refractivity contribution in [3.8, 4) is 33.5 Å². The molecule has 142 valence electrons. The van der Waals surface area contributed by atoms with Gasteiger partial charge in [0, 0.05) is 28.5 Å². The Kier molecular flexibility index (Phi) is 3.91. The Morgan fingerprint density at radius 3 is 2.52 bits per heavy atom. The summed E-state index contributed by atoms with van der Waals surface area (Å²) in [5.41, 5.74) is 7.15. The molecule has 3 heterocycles. The fourth-order valence-electron chi connectivity index (χ4n) is 3.75. The molecule has 6 nitrogen and oxygen atoms in total. The minimum Gasteiger partial charge on any atom is -0.407 e. The van der Waals surface area contributed by atoms with Crippen LogP contribution < -0.4 is 5.76 Å². The maximum Gasteiger partial charge on any atom is 0.417 e. The lowest BCUT2D eigenvalue weighted by Crippen LogP contribution is -1.92. The van der Waals surface area contributed by atoms with E-state index < -0.39 is 5.76 Å². The molecule has 0 atom stereocenters. The Hall–Kier alpha value is -3.93. The van der Waals surface area contributed by atoms with Crippen LogP contribution in [0, 0.1) is 13.8 Å². The van der Waals surface area contributed by atoms with E-state index in [0.717, 1.165) is 39.2 Å². The zero-order valence-electron chi connectivity index (χ0n) is 15.9. The molecule has 0 radical (unpaired) electrons. The van der Waals surface area contributed by atoms with Crippen molar-refractivity contribution in [3.63, 3.8) is 0 Å². The third kappa shape index (κ3) is 2.86. The Morgan fingerprint density at radius 2 is 1.76 bits per heavy atom. The summed E-state index contributed by atoms with van der Waals surface area (Å²) in [4.78, 5) is 19.4. The molecule has 29 heavy (non-hydrogen) atoms. The molecule has 6 heteroatoms. The molecule has 0 saturated heterocycles. The summed E-state index contributed by atoms with van der Waals surface area (Å²) in [6.07, 6.45) is 1.76. The monoisotopic (exact) mass is 383 g/mol. The van der Waals surface area contributed by atoms with E-state index in [-0.39, 0.29) is 0 Å². The Morgan fingerprint density at radius 1 is 0.931 bits per heavy atom. The standard InChI is InChI=1S/C23H17N3O3/c1-13-20(14(2)29-26-13)16-11-18(22-19(12-16)25-23(27)28-22)17-9-6-10-24-21(17)15-7-4-3-5-8-15/h3-12H,1-2H3,(H,25,27). The van der Waals surface area contributed by atoms with Crippen molar-refractivity contribution >= 4 is 11.1 Å². The number of H-pyrrole nitrogens is 1. The molecule has 0 unspecified atom stereocenters. The van der Waals surface area contributed by atoms with Gasteiger partial charge in [0.25, 0.3) is 0 Å². The molecule has 5 aromatic rings. The van der Waals surface area contributed by atoms with Crippen LogP contribution in [-0.4, -0.2) is 15.1 Å². The Labute approximate surface area is 165 Å². The normalized spacial score (nSPS) is 11.2. The first-order valence-corrected chi connectivity index (χ1v) is 9.23. The molecule has 0 bridgehead atoms. The molecular formula is C23H17N3O3. The summed E-state index contributed by atoms with van der Waals surface area (Å²) in [7, 11) is 0. The van der Waals surface area contributed by atoms with Gasteiger partial charge in [-0.2, -0.15) is 0 Å². The first-order valence-electron chi connectivity index (χ1n) is 9.23. The summed E-state index contributed by atoms with van der Waals surface area (Å²) in [6, 6.07) is 17.7. The molecule has 5 rings (SSSR count). The fourth-order valence-corrected chi connectivity index (χ4v) is 3.75. The van der Waals surface area contributed by atoms with E-state index in [1.165, 1.54) is 0 Å². The van der Waals surface area contributed by atoms with Crippen molar-refractivity contribution < 1.29 is 8.94 Å². The van der Waals surface area contributed by atoms with Crippen LogP contribution in [0.3, 0.4) is 0 Å². The predicted molar refractivity (Wildman–Crippen MR) is 110 cm³/mol. The topological polar surface area (TPSA) is 84.9 Å². The number of pyridine rings is 1. The van der Waals surface area contributed by atoms with Crippen LogP contribution in [0.5, 0.6) is 0 Å². The summed E-state index contributed by atoms with van der Waals surface area (Å²) in [5, 5.41) is 4.06. The third-order valence-electron chi connectivity index (χ3n) is 4.99. The number of fused-ring (bicyclic) bond motifs is 1. The highest BCUT2D eigenvalue weighted by Crippen LogP contribution is 2.38. The van der Waals surface area contributed by atoms with Gasteiger partial charge in [0.2, 0.25) is 0 Å². The maximum absolute atomic E-state index is 12.0. The predicted octanol–water partition coefficient (Wildman–Crippen LogP) is 5.12. The van der Waals surface area contributed by atoms with Crippen LogP contribution in [0.15, 0.2) is 74.5 Å². The number of rotatable bonds is 3. The molecule has 2 aromatic carbocycles. The SMILES string of the molecule is Cc1noc(C)c1-c1cc(-c2cccnc2-c2ccccc2)c2oc(=O)[nH]c2c1. The molecule has 0 amide bonds. The van der Waals surface area contributed by atoms with Crippen molar-refractivity contribution in [2.24, 2.45) is 0 Å². The zero-order valence-corrected chi connectivity index (χ0v) is 15.9. The summed E-state index contributed by atoms with van der Waals surface area (Å²) in [6.45, 7) is 3.77. The minimum atomic E-state index is -0.498. The van der Waals surface area contributed by atoms with Crippen molar-refractivity contribution in [2.45, 2.75) is 13.8 Å². The Bertz CT molecular complexity index is 1370. The molecule has 0 aliphatic heterocycles. The van der Waals surface area contributed by atoms with Crippen LogP contribution in [0.1, 0.15) is 11.5 Å². The highest BCUT2D eigenvalue weighted by Gasteiger charge is 2.19. The highest BCUT2D eigenvalue weighted by molar-refractivity contribution is 5.98. The van der Waals surface area contributed by atoms with E-state index in [4.69, 9.17) is 8.94 Å². The molecule has 0 saturated carbocycles. The second kappa shape index (κ2) is 6.60. The lowest BCUT2D eigenvalue weighted by Gasteiger charge is -2.11. The van der Waals surface area contributed by atoms with Crippen LogP contribution >= 0.6 is 0 Å². The minimum absolute atomic E-state index is 0.496. The molecule has 0 fully saturated rings. The summed E-state index contributed by atoms with van der Waals surface area (Å²) >= 11 is 0. The number of hydrogen-bond acceptors (Lipinski definition) is 5. The van der Waals surface area contributed by atoms with E-state index in [0.29, 0.717) is 16.9 Å². The first kappa shape index (κ1) is 17.2. The van der Waals surface area contributed by atoms with Crippen molar-refractivity contribution in [3.05, 3.63) is 82.8 Å². The van der Waals surface area contributed by atoms with Gasteiger partial charge < -0.3 is 8.94 Å². The quantitative estimate of drug-likeness (QED) is 0.467. The van der Waals surface area contributed by atoms with Crippen molar-refractivity contribution in [2.75, 3.05) is 0 Å². The van der Waals surface area contributed by atoms with Crippen molar-refractivity contribution in [1.29, 1.82) is 0 Å². The number of nitrogens with one attached hydrogen (secondary N) is 1. The van der Waals surface area contributed by atoms with Gasteiger partial charge in [-0.25, -0.2) is 4.79 Å². The molecule has 1 N–H and O–H groups in total. The molecule has 0 aliphatic carbocycles. The van der Waals surface area contributed by atoms with Crippen LogP contribution in [0.4, 0.5) is 0 Å². The zero-order chi connectivity index (χ0) is 20.0. The number of aromatic amines is 1. The molecule has 3 aromatic heterocycles. The fraction of sp³-hybridized carbons (Fsp3) is 0.0870. The summed E-state index contributed by atoms with van der Waals surface area (Å²) in [5.74, 6) is 0.218. The number of benzene rings is 2.